The van der Waals surface area contributed by atoms with Crippen LogP contribution in [0.4, 0.5) is 4.39 Å². The smallest absolute Gasteiger partial charge is 0.254 e. The molecule has 0 saturated carbocycles. The molecule has 0 bridgehead atoms. The summed E-state index contributed by atoms with van der Waals surface area (Å²) in [6.45, 7) is 3.21. The third-order valence-corrected chi connectivity index (χ3v) is 4.61. The zero-order valence-electron chi connectivity index (χ0n) is 13.2. The lowest BCUT2D eigenvalue weighted by atomic mass is 9.97. The lowest BCUT2D eigenvalue weighted by Gasteiger charge is -2.21. The Hall–Kier alpha value is -2.20. The van der Waals surface area contributed by atoms with Crippen LogP contribution in [0.25, 0.3) is 0 Å². The summed E-state index contributed by atoms with van der Waals surface area (Å²) >= 11 is 0. The van der Waals surface area contributed by atoms with Gasteiger partial charge in [0.15, 0.2) is 0 Å². The second kappa shape index (κ2) is 6.50. The fourth-order valence-corrected chi connectivity index (χ4v) is 3.24. The highest BCUT2D eigenvalue weighted by Crippen LogP contribution is 2.32. The van der Waals surface area contributed by atoms with Gasteiger partial charge in [0.1, 0.15) is 5.82 Å². The van der Waals surface area contributed by atoms with Crippen LogP contribution in [0, 0.1) is 5.82 Å². The van der Waals surface area contributed by atoms with E-state index in [1.165, 1.54) is 12.1 Å². The average Bonchev–Trinajstić information content (AvgIpc) is 2.96. The SMILES string of the molecule is C[C@@H]1C[C@H](c2ccc(F)cc2)CN1C(=O)c1ccc(CN)cc1. The number of rotatable bonds is 3. The van der Waals surface area contributed by atoms with Gasteiger partial charge in [-0.3, -0.25) is 4.79 Å². The lowest BCUT2D eigenvalue weighted by Crippen LogP contribution is -2.33. The molecule has 0 spiro atoms. The molecule has 2 N–H and O–H groups in total. The number of hydrogen-bond acceptors (Lipinski definition) is 2. The van der Waals surface area contributed by atoms with Crippen LogP contribution < -0.4 is 5.73 Å². The molecule has 2 aromatic rings. The summed E-state index contributed by atoms with van der Waals surface area (Å²) in [7, 11) is 0. The molecule has 0 aliphatic carbocycles. The van der Waals surface area contributed by atoms with Crippen molar-refractivity contribution in [3.8, 4) is 0 Å². The van der Waals surface area contributed by atoms with E-state index in [-0.39, 0.29) is 23.7 Å². The summed E-state index contributed by atoms with van der Waals surface area (Å²) in [5.41, 5.74) is 8.38. The molecule has 1 amide bonds. The third kappa shape index (κ3) is 3.27. The fourth-order valence-electron chi connectivity index (χ4n) is 3.24. The van der Waals surface area contributed by atoms with Gasteiger partial charge in [0.2, 0.25) is 0 Å². The van der Waals surface area contributed by atoms with E-state index in [1.807, 2.05) is 41.3 Å². The van der Waals surface area contributed by atoms with E-state index in [0.29, 0.717) is 18.7 Å². The molecule has 1 saturated heterocycles. The first-order chi connectivity index (χ1) is 11.1. The van der Waals surface area contributed by atoms with E-state index in [4.69, 9.17) is 5.73 Å². The number of halogens is 1. The number of hydrogen-bond donors (Lipinski definition) is 1. The Morgan fingerprint density at radius 2 is 1.83 bits per heavy atom. The molecule has 1 aliphatic heterocycles. The molecule has 1 heterocycles. The predicted molar refractivity (Wildman–Crippen MR) is 88.6 cm³/mol. The number of carbonyl (C=O) groups is 1. The monoisotopic (exact) mass is 312 g/mol. The summed E-state index contributed by atoms with van der Waals surface area (Å²) in [5, 5.41) is 0. The summed E-state index contributed by atoms with van der Waals surface area (Å²) in [6.07, 6.45) is 0.901. The predicted octanol–water partition coefficient (Wildman–Crippen LogP) is 3.30. The van der Waals surface area contributed by atoms with E-state index >= 15 is 0 Å². The standard InChI is InChI=1S/C19H21FN2O/c1-13-10-17(15-6-8-18(20)9-7-15)12-22(13)19(23)16-4-2-14(11-21)3-5-16/h2-9,13,17H,10-12,21H2,1H3/t13-,17+/m1/s1. The summed E-state index contributed by atoms with van der Waals surface area (Å²) in [5.74, 6) is 0.0799. The Morgan fingerprint density at radius 1 is 1.17 bits per heavy atom. The van der Waals surface area contributed by atoms with Gasteiger partial charge >= 0.3 is 0 Å². The van der Waals surface area contributed by atoms with Gasteiger partial charge in [-0.05, 0) is 48.7 Å². The Bertz CT molecular complexity index is 682. The van der Waals surface area contributed by atoms with Crippen LogP contribution in [0.3, 0.4) is 0 Å². The number of nitrogens with two attached hydrogens (primary N) is 1. The molecule has 23 heavy (non-hydrogen) atoms. The number of nitrogens with zero attached hydrogens (tertiary/aromatic N) is 1. The molecule has 2 aromatic carbocycles. The Labute approximate surface area is 135 Å². The molecular formula is C19H21FN2O. The largest absolute Gasteiger partial charge is 0.335 e. The van der Waals surface area contributed by atoms with Gasteiger partial charge in [-0.15, -0.1) is 0 Å². The Morgan fingerprint density at radius 3 is 2.43 bits per heavy atom. The minimum Gasteiger partial charge on any atom is -0.335 e. The summed E-state index contributed by atoms with van der Waals surface area (Å²) in [4.78, 5) is 14.6. The minimum absolute atomic E-state index is 0.0469. The van der Waals surface area contributed by atoms with Crippen molar-refractivity contribution in [3.05, 3.63) is 71.0 Å². The van der Waals surface area contributed by atoms with Crippen LogP contribution in [0.15, 0.2) is 48.5 Å². The van der Waals surface area contributed by atoms with Crippen LogP contribution >= 0.6 is 0 Å². The van der Waals surface area contributed by atoms with Gasteiger partial charge < -0.3 is 10.6 Å². The van der Waals surface area contributed by atoms with Crippen LogP contribution in [-0.4, -0.2) is 23.4 Å². The molecule has 2 atom stereocenters. The topological polar surface area (TPSA) is 46.3 Å². The van der Waals surface area contributed by atoms with Gasteiger partial charge in [0, 0.05) is 30.6 Å². The van der Waals surface area contributed by atoms with E-state index in [9.17, 15) is 9.18 Å². The van der Waals surface area contributed by atoms with Gasteiger partial charge in [-0.2, -0.15) is 0 Å². The minimum atomic E-state index is -0.229. The Kier molecular flexibility index (Phi) is 4.44. The molecule has 3 rings (SSSR count). The van der Waals surface area contributed by atoms with Crippen molar-refractivity contribution in [2.75, 3.05) is 6.54 Å². The molecule has 1 fully saturated rings. The molecule has 0 unspecified atom stereocenters. The van der Waals surface area contributed by atoms with Crippen LogP contribution in [0.5, 0.6) is 0 Å². The van der Waals surface area contributed by atoms with Crippen LogP contribution in [0.1, 0.15) is 40.7 Å². The maximum Gasteiger partial charge on any atom is 0.254 e. The number of likely N-dealkylation sites (tertiary alicyclic amines) is 1. The maximum absolute atomic E-state index is 13.1. The zero-order valence-corrected chi connectivity index (χ0v) is 13.2. The lowest BCUT2D eigenvalue weighted by molar-refractivity contribution is 0.0746. The van der Waals surface area contributed by atoms with Crippen molar-refractivity contribution in [1.82, 2.24) is 4.90 Å². The van der Waals surface area contributed by atoms with Gasteiger partial charge in [0.25, 0.3) is 5.91 Å². The first-order valence-corrected chi connectivity index (χ1v) is 7.94. The fraction of sp³-hybridized carbons (Fsp3) is 0.316. The van der Waals surface area contributed by atoms with Crippen LogP contribution in [0.2, 0.25) is 0 Å². The van der Waals surface area contributed by atoms with Gasteiger partial charge in [-0.25, -0.2) is 4.39 Å². The second-order valence-corrected chi connectivity index (χ2v) is 6.19. The number of benzene rings is 2. The molecule has 3 nitrogen and oxygen atoms in total. The van der Waals surface area contributed by atoms with E-state index in [0.717, 1.165) is 17.5 Å². The third-order valence-electron chi connectivity index (χ3n) is 4.61. The molecule has 4 heteroatoms. The van der Waals surface area contributed by atoms with Crippen molar-refractivity contribution in [2.24, 2.45) is 5.73 Å². The molecule has 0 aromatic heterocycles. The zero-order chi connectivity index (χ0) is 16.4. The second-order valence-electron chi connectivity index (χ2n) is 6.19. The average molecular weight is 312 g/mol. The highest BCUT2D eigenvalue weighted by molar-refractivity contribution is 5.94. The summed E-state index contributed by atoms with van der Waals surface area (Å²) in [6, 6.07) is 14.2. The van der Waals surface area contributed by atoms with E-state index in [2.05, 4.69) is 6.92 Å². The first kappa shape index (κ1) is 15.7. The van der Waals surface area contributed by atoms with E-state index < -0.39 is 0 Å². The molecule has 1 aliphatic rings. The van der Waals surface area contributed by atoms with Gasteiger partial charge in [0.05, 0.1) is 0 Å². The van der Waals surface area contributed by atoms with Crippen molar-refractivity contribution < 1.29 is 9.18 Å². The van der Waals surface area contributed by atoms with Crippen molar-refractivity contribution in [2.45, 2.75) is 31.8 Å². The summed E-state index contributed by atoms with van der Waals surface area (Å²) < 4.78 is 13.1. The molecule has 120 valence electrons. The quantitative estimate of drug-likeness (QED) is 0.945. The van der Waals surface area contributed by atoms with Crippen molar-refractivity contribution in [1.29, 1.82) is 0 Å². The highest BCUT2D eigenvalue weighted by atomic mass is 19.1. The Balaban J connectivity index is 1.75. The van der Waals surface area contributed by atoms with Crippen molar-refractivity contribution in [3.63, 3.8) is 0 Å². The maximum atomic E-state index is 13.1. The highest BCUT2D eigenvalue weighted by Gasteiger charge is 2.33. The molecule has 0 radical (unpaired) electrons. The number of amides is 1. The normalized spacial score (nSPS) is 20.7. The first-order valence-electron chi connectivity index (χ1n) is 7.94. The number of carbonyl (C=O) groups excluding carboxylic acids is 1. The van der Waals surface area contributed by atoms with E-state index in [1.54, 1.807) is 0 Å². The molecular weight excluding hydrogens is 291 g/mol. The van der Waals surface area contributed by atoms with Crippen LogP contribution in [-0.2, 0) is 6.54 Å². The van der Waals surface area contributed by atoms with Crippen molar-refractivity contribution >= 4 is 5.91 Å². The van der Waals surface area contributed by atoms with Gasteiger partial charge in [-0.1, -0.05) is 24.3 Å².